The van der Waals surface area contributed by atoms with E-state index in [1.807, 2.05) is 20.0 Å². The van der Waals surface area contributed by atoms with Gasteiger partial charge < -0.3 is 14.8 Å². The number of nitrogens with one attached hydrogen (secondary N) is 1. The van der Waals surface area contributed by atoms with Gasteiger partial charge in [-0.1, -0.05) is 31.0 Å². The molecule has 3 heteroatoms. The average molecular weight is 277 g/mol. The van der Waals surface area contributed by atoms with Crippen molar-refractivity contribution < 1.29 is 9.47 Å². The van der Waals surface area contributed by atoms with Crippen LogP contribution in [0, 0.1) is 0 Å². The lowest BCUT2D eigenvalue weighted by Crippen LogP contribution is -2.43. The minimum atomic E-state index is -0.0866. The molecule has 112 valence electrons. The van der Waals surface area contributed by atoms with Gasteiger partial charge in [-0.15, -0.1) is 0 Å². The molecule has 0 bridgehead atoms. The summed E-state index contributed by atoms with van der Waals surface area (Å²) in [6.45, 7) is 5.56. The molecule has 1 saturated carbocycles. The Labute approximate surface area is 122 Å². The largest absolute Gasteiger partial charge is 0.494 e. The molecule has 1 unspecified atom stereocenters. The number of ether oxygens (including phenoxy) is 2. The number of rotatable bonds is 7. The van der Waals surface area contributed by atoms with Crippen LogP contribution < -0.4 is 10.1 Å². The number of likely N-dealkylation sites (N-methyl/N-ethyl adjacent to an activating group) is 1. The predicted octanol–water partition coefficient (Wildman–Crippen LogP) is 3.70. The number of hydrogen-bond acceptors (Lipinski definition) is 3. The van der Waals surface area contributed by atoms with Gasteiger partial charge in [-0.05, 0) is 39.8 Å². The first-order valence-corrected chi connectivity index (χ1v) is 7.80. The van der Waals surface area contributed by atoms with Crippen LogP contribution >= 0.6 is 0 Å². The Morgan fingerprint density at radius 3 is 2.45 bits per heavy atom. The molecule has 0 amide bonds. The summed E-state index contributed by atoms with van der Waals surface area (Å²) in [6.07, 6.45) is 4.73. The third-order valence-corrected chi connectivity index (χ3v) is 4.23. The molecule has 2 rings (SSSR count). The standard InChI is InChI=1S/C17H27NO2/c1-4-19-15-11-7-6-10-14(15)16(18-3)17(20-5-2)12-8-9-13-17/h6-7,10-11,16,18H,4-5,8-9,12-13H2,1-3H3. The maximum Gasteiger partial charge on any atom is 0.124 e. The first kappa shape index (κ1) is 15.3. The molecule has 0 heterocycles. The quantitative estimate of drug-likeness (QED) is 0.824. The summed E-state index contributed by atoms with van der Waals surface area (Å²) < 4.78 is 12.0. The maximum absolute atomic E-state index is 6.21. The summed E-state index contributed by atoms with van der Waals surface area (Å²) in [6, 6.07) is 8.51. The van der Waals surface area contributed by atoms with E-state index in [1.165, 1.54) is 18.4 Å². The van der Waals surface area contributed by atoms with E-state index in [-0.39, 0.29) is 11.6 Å². The van der Waals surface area contributed by atoms with Crippen LogP contribution in [0.1, 0.15) is 51.1 Å². The van der Waals surface area contributed by atoms with E-state index < -0.39 is 0 Å². The molecule has 1 aromatic carbocycles. The van der Waals surface area contributed by atoms with Gasteiger partial charge in [0.1, 0.15) is 5.75 Å². The van der Waals surface area contributed by atoms with Gasteiger partial charge in [-0.2, -0.15) is 0 Å². The van der Waals surface area contributed by atoms with E-state index in [2.05, 4.69) is 30.4 Å². The predicted molar refractivity (Wildman–Crippen MR) is 82.2 cm³/mol. The molecule has 0 spiro atoms. The fourth-order valence-corrected chi connectivity index (χ4v) is 3.49. The third kappa shape index (κ3) is 2.99. The molecule has 1 aliphatic carbocycles. The molecule has 3 nitrogen and oxygen atoms in total. The highest BCUT2D eigenvalue weighted by Gasteiger charge is 2.43. The highest BCUT2D eigenvalue weighted by atomic mass is 16.5. The number of hydrogen-bond donors (Lipinski definition) is 1. The van der Waals surface area contributed by atoms with Crippen molar-refractivity contribution in [3.63, 3.8) is 0 Å². The van der Waals surface area contributed by atoms with Crippen molar-refractivity contribution in [1.29, 1.82) is 0 Å². The molecule has 20 heavy (non-hydrogen) atoms. The van der Waals surface area contributed by atoms with Crippen LogP contribution in [0.2, 0.25) is 0 Å². The van der Waals surface area contributed by atoms with Crippen LogP contribution in [-0.2, 0) is 4.74 Å². The summed E-state index contributed by atoms with van der Waals surface area (Å²) in [7, 11) is 2.02. The van der Waals surface area contributed by atoms with Gasteiger partial charge in [-0.25, -0.2) is 0 Å². The maximum atomic E-state index is 6.21. The van der Waals surface area contributed by atoms with Gasteiger partial charge >= 0.3 is 0 Å². The highest BCUT2D eigenvalue weighted by Crippen LogP contribution is 2.44. The van der Waals surface area contributed by atoms with Gasteiger partial charge in [0.05, 0.1) is 18.2 Å². The highest BCUT2D eigenvalue weighted by molar-refractivity contribution is 5.38. The molecule has 1 aliphatic rings. The van der Waals surface area contributed by atoms with Crippen LogP contribution in [0.3, 0.4) is 0 Å². The monoisotopic (exact) mass is 277 g/mol. The van der Waals surface area contributed by atoms with E-state index >= 15 is 0 Å². The SMILES string of the molecule is CCOc1ccccc1C(NC)C1(OCC)CCCC1. The molecule has 1 atom stereocenters. The topological polar surface area (TPSA) is 30.5 Å². The Hall–Kier alpha value is -1.06. The third-order valence-electron chi connectivity index (χ3n) is 4.23. The van der Waals surface area contributed by atoms with Gasteiger partial charge in [0.15, 0.2) is 0 Å². The van der Waals surface area contributed by atoms with Crippen molar-refractivity contribution >= 4 is 0 Å². The minimum Gasteiger partial charge on any atom is -0.494 e. The Bertz CT molecular complexity index is 413. The van der Waals surface area contributed by atoms with E-state index in [9.17, 15) is 0 Å². The normalized spacial score (nSPS) is 18.9. The first-order chi connectivity index (χ1) is 9.77. The zero-order chi connectivity index (χ0) is 14.4. The zero-order valence-corrected chi connectivity index (χ0v) is 12.9. The number of benzene rings is 1. The van der Waals surface area contributed by atoms with E-state index in [1.54, 1.807) is 0 Å². The van der Waals surface area contributed by atoms with Crippen molar-refractivity contribution in [2.24, 2.45) is 0 Å². The van der Waals surface area contributed by atoms with Crippen molar-refractivity contribution in [2.45, 2.75) is 51.2 Å². The Kier molecular flexibility index (Phi) is 5.44. The lowest BCUT2D eigenvalue weighted by atomic mass is 9.86. The van der Waals surface area contributed by atoms with Gasteiger partial charge in [0.2, 0.25) is 0 Å². The molecular formula is C17H27NO2. The van der Waals surface area contributed by atoms with E-state index in [4.69, 9.17) is 9.47 Å². The second kappa shape index (κ2) is 7.09. The molecule has 0 radical (unpaired) electrons. The zero-order valence-electron chi connectivity index (χ0n) is 12.9. The second-order valence-electron chi connectivity index (χ2n) is 5.40. The van der Waals surface area contributed by atoms with Gasteiger partial charge in [0, 0.05) is 12.2 Å². The van der Waals surface area contributed by atoms with Crippen molar-refractivity contribution in [3.05, 3.63) is 29.8 Å². The Morgan fingerprint density at radius 1 is 1.15 bits per heavy atom. The summed E-state index contributed by atoms with van der Waals surface area (Å²) in [5, 5.41) is 3.48. The smallest absolute Gasteiger partial charge is 0.124 e. The molecule has 0 aromatic heterocycles. The second-order valence-corrected chi connectivity index (χ2v) is 5.40. The summed E-state index contributed by atoms with van der Waals surface area (Å²) in [5.74, 6) is 0.973. The molecule has 1 aromatic rings. The number of para-hydroxylation sites is 1. The van der Waals surface area contributed by atoms with Crippen LogP contribution in [0.5, 0.6) is 5.75 Å². The van der Waals surface area contributed by atoms with Crippen LogP contribution in [-0.4, -0.2) is 25.9 Å². The summed E-state index contributed by atoms with van der Waals surface area (Å²) >= 11 is 0. The molecule has 1 fully saturated rings. The molecule has 0 saturated heterocycles. The lowest BCUT2D eigenvalue weighted by molar-refractivity contribution is -0.0615. The van der Waals surface area contributed by atoms with Crippen LogP contribution in [0.4, 0.5) is 0 Å². The fraction of sp³-hybridized carbons (Fsp3) is 0.647. The van der Waals surface area contributed by atoms with E-state index in [0.717, 1.165) is 25.2 Å². The molecule has 0 aliphatic heterocycles. The summed E-state index contributed by atoms with van der Waals surface area (Å²) in [4.78, 5) is 0. The summed E-state index contributed by atoms with van der Waals surface area (Å²) in [5.41, 5.74) is 1.13. The fourth-order valence-electron chi connectivity index (χ4n) is 3.49. The van der Waals surface area contributed by atoms with Crippen LogP contribution in [0.25, 0.3) is 0 Å². The van der Waals surface area contributed by atoms with E-state index in [0.29, 0.717) is 6.61 Å². The van der Waals surface area contributed by atoms with Crippen molar-refractivity contribution in [2.75, 3.05) is 20.3 Å². The lowest BCUT2D eigenvalue weighted by Gasteiger charge is -2.38. The Balaban J connectivity index is 2.35. The van der Waals surface area contributed by atoms with Gasteiger partial charge in [0.25, 0.3) is 0 Å². The van der Waals surface area contributed by atoms with Crippen molar-refractivity contribution in [1.82, 2.24) is 5.32 Å². The average Bonchev–Trinajstić information content (AvgIpc) is 2.92. The van der Waals surface area contributed by atoms with Gasteiger partial charge in [-0.3, -0.25) is 0 Å². The molecular weight excluding hydrogens is 250 g/mol. The van der Waals surface area contributed by atoms with Crippen LogP contribution in [0.15, 0.2) is 24.3 Å². The molecule has 1 N–H and O–H groups in total. The van der Waals surface area contributed by atoms with Crippen molar-refractivity contribution in [3.8, 4) is 5.75 Å². The Morgan fingerprint density at radius 2 is 1.85 bits per heavy atom. The first-order valence-electron chi connectivity index (χ1n) is 7.80. The minimum absolute atomic E-state index is 0.0866.